The van der Waals surface area contributed by atoms with Crippen LogP contribution in [-0.4, -0.2) is 30.0 Å². The van der Waals surface area contributed by atoms with E-state index < -0.39 is 0 Å². The molecule has 1 unspecified atom stereocenters. The average Bonchev–Trinajstić information content (AvgIpc) is 2.84. The Hall–Kier alpha value is -1.42. The Morgan fingerprint density at radius 1 is 1.62 bits per heavy atom. The Kier molecular flexibility index (Phi) is 3.88. The molecule has 2 N–H and O–H groups in total. The van der Waals surface area contributed by atoms with Crippen LogP contribution in [0, 0.1) is 0 Å². The third kappa shape index (κ3) is 3.03. The molecule has 2 rings (SSSR count). The number of nitrogens with zero attached hydrogens (tertiary/aromatic N) is 1. The fourth-order valence-corrected chi connectivity index (χ4v) is 1.91. The van der Waals surface area contributed by atoms with Gasteiger partial charge < -0.3 is 10.6 Å². The van der Waals surface area contributed by atoms with Crippen molar-refractivity contribution in [3.05, 3.63) is 30.1 Å². The summed E-state index contributed by atoms with van der Waals surface area (Å²) in [7, 11) is 0. The minimum absolute atomic E-state index is 0.0221. The van der Waals surface area contributed by atoms with Gasteiger partial charge in [-0.2, -0.15) is 0 Å². The maximum Gasteiger partial charge on any atom is 0.237 e. The zero-order valence-electron chi connectivity index (χ0n) is 9.28. The average molecular weight is 219 g/mol. The summed E-state index contributed by atoms with van der Waals surface area (Å²) in [5, 5.41) is 6.12. The van der Waals surface area contributed by atoms with Crippen molar-refractivity contribution in [2.75, 3.05) is 13.1 Å². The molecule has 4 heteroatoms. The summed E-state index contributed by atoms with van der Waals surface area (Å²) in [6, 6.07) is 3.96. The molecule has 16 heavy (non-hydrogen) atoms. The van der Waals surface area contributed by atoms with E-state index in [4.69, 9.17) is 0 Å². The van der Waals surface area contributed by atoms with E-state index in [1.807, 2.05) is 18.3 Å². The van der Waals surface area contributed by atoms with Crippen LogP contribution in [0.2, 0.25) is 0 Å². The smallest absolute Gasteiger partial charge is 0.237 e. The van der Waals surface area contributed by atoms with Crippen LogP contribution in [0.1, 0.15) is 18.4 Å². The summed E-state index contributed by atoms with van der Waals surface area (Å²) >= 11 is 0. The second-order valence-corrected chi connectivity index (χ2v) is 4.05. The molecule has 0 aliphatic carbocycles. The van der Waals surface area contributed by atoms with Crippen LogP contribution in [0.3, 0.4) is 0 Å². The van der Waals surface area contributed by atoms with E-state index in [1.54, 1.807) is 6.20 Å². The minimum atomic E-state index is 0.0221. The molecule has 1 aliphatic heterocycles. The highest BCUT2D eigenvalue weighted by atomic mass is 16.2. The van der Waals surface area contributed by atoms with Gasteiger partial charge in [0.25, 0.3) is 0 Å². The molecule has 1 aliphatic rings. The summed E-state index contributed by atoms with van der Waals surface area (Å²) in [5.74, 6) is 0.126. The molecule has 1 aromatic rings. The van der Waals surface area contributed by atoms with E-state index >= 15 is 0 Å². The number of pyridine rings is 1. The Balaban J connectivity index is 1.70. The maximum absolute atomic E-state index is 11.6. The van der Waals surface area contributed by atoms with Gasteiger partial charge in [-0.15, -0.1) is 0 Å². The van der Waals surface area contributed by atoms with Gasteiger partial charge in [0.15, 0.2) is 0 Å². The lowest BCUT2D eigenvalue weighted by atomic mass is 10.2. The van der Waals surface area contributed by atoms with Crippen molar-refractivity contribution in [3.63, 3.8) is 0 Å². The summed E-state index contributed by atoms with van der Waals surface area (Å²) in [4.78, 5) is 15.7. The molecule has 1 saturated heterocycles. The van der Waals surface area contributed by atoms with Gasteiger partial charge in [0.2, 0.25) is 5.91 Å². The minimum Gasteiger partial charge on any atom is -0.354 e. The van der Waals surface area contributed by atoms with Crippen LogP contribution in [0.5, 0.6) is 0 Å². The summed E-state index contributed by atoms with van der Waals surface area (Å²) < 4.78 is 0. The number of amides is 1. The summed E-state index contributed by atoms with van der Waals surface area (Å²) in [6.45, 7) is 1.64. The van der Waals surface area contributed by atoms with Gasteiger partial charge in [0, 0.05) is 18.9 Å². The number of hydrogen-bond acceptors (Lipinski definition) is 3. The first-order chi connectivity index (χ1) is 7.86. The Labute approximate surface area is 95.5 Å². The van der Waals surface area contributed by atoms with Gasteiger partial charge >= 0.3 is 0 Å². The van der Waals surface area contributed by atoms with Gasteiger partial charge in [-0.05, 0) is 37.4 Å². The van der Waals surface area contributed by atoms with Crippen molar-refractivity contribution in [1.29, 1.82) is 0 Å². The molecule has 86 valence electrons. The topological polar surface area (TPSA) is 54.0 Å². The fourth-order valence-electron chi connectivity index (χ4n) is 1.91. The van der Waals surface area contributed by atoms with E-state index in [2.05, 4.69) is 15.6 Å². The van der Waals surface area contributed by atoms with E-state index in [0.29, 0.717) is 6.54 Å². The van der Waals surface area contributed by atoms with Crippen LogP contribution < -0.4 is 10.6 Å². The monoisotopic (exact) mass is 219 g/mol. The van der Waals surface area contributed by atoms with Gasteiger partial charge in [-0.3, -0.25) is 9.78 Å². The van der Waals surface area contributed by atoms with Crippen LogP contribution in [0.15, 0.2) is 24.5 Å². The number of aromatic nitrogens is 1. The molecule has 0 saturated carbocycles. The lowest BCUT2D eigenvalue weighted by molar-refractivity contribution is -0.122. The van der Waals surface area contributed by atoms with Gasteiger partial charge in [0.1, 0.15) is 0 Å². The molecule has 4 nitrogen and oxygen atoms in total. The highest BCUT2D eigenvalue weighted by Gasteiger charge is 2.20. The zero-order valence-corrected chi connectivity index (χ0v) is 9.28. The van der Waals surface area contributed by atoms with E-state index in [0.717, 1.165) is 31.4 Å². The predicted octanol–water partition coefficient (Wildman–Crippen LogP) is 0.492. The fraction of sp³-hybridized carbons (Fsp3) is 0.500. The van der Waals surface area contributed by atoms with Crippen LogP contribution >= 0.6 is 0 Å². The lowest BCUT2D eigenvalue weighted by Gasteiger charge is -2.10. The van der Waals surface area contributed by atoms with Crippen molar-refractivity contribution in [2.24, 2.45) is 0 Å². The number of carbonyl (C=O) groups excluding carboxylic acids is 1. The highest BCUT2D eigenvalue weighted by Crippen LogP contribution is 2.04. The molecule has 1 aromatic heterocycles. The van der Waals surface area contributed by atoms with Crippen molar-refractivity contribution in [2.45, 2.75) is 25.3 Å². The first-order valence-corrected chi connectivity index (χ1v) is 5.76. The standard InChI is InChI=1S/C12H17N3O/c16-12(11-4-2-7-14-11)15-8-5-10-3-1-6-13-9-10/h1,3,6,9,11,14H,2,4-5,7-8H2,(H,15,16). The molecule has 0 bridgehead atoms. The molecule has 1 fully saturated rings. The number of nitrogens with one attached hydrogen (secondary N) is 2. The largest absolute Gasteiger partial charge is 0.354 e. The number of hydrogen-bond donors (Lipinski definition) is 2. The second kappa shape index (κ2) is 5.61. The van der Waals surface area contributed by atoms with E-state index in [-0.39, 0.29) is 11.9 Å². The molecule has 0 spiro atoms. The van der Waals surface area contributed by atoms with Crippen molar-refractivity contribution >= 4 is 5.91 Å². The van der Waals surface area contributed by atoms with Gasteiger partial charge in [-0.1, -0.05) is 6.07 Å². The molecule has 1 amide bonds. The van der Waals surface area contributed by atoms with Crippen LogP contribution in [-0.2, 0) is 11.2 Å². The summed E-state index contributed by atoms with van der Waals surface area (Å²) in [6.07, 6.45) is 6.48. The van der Waals surface area contributed by atoms with Crippen LogP contribution in [0.25, 0.3) is 0 Å². The van der Waals surface area contributed by atoms with Crippen molar-refractivity contribution in [3.8, 4) is 0 Å². The Morgan fingerprint density at radius 2 is 2.56 bits per heavy atom. The predicted molar refractivity (Wildman–Crippen MR) is 62.0 cm³/mol. The van der Waals surface area contributed by atoms with Crippen molar-refractivity contribution < 1.29 is 4.79 Å². The lowest BCUT2D eigenvalue weighted by Crippen LogP contribution is -2.41. The third-order valence-electron chi connectivity index (χ3n) is 2.81. The molecule has 0 radical (unpaired) electrons. The Bertz CT molecular complexity index is 333. The molecule has 1 atom stereocenters. The van der Waals surface area contributed by atoms with Crippen molar-refractivity contribution in [1.82, 2.24) is 15.6 Å². The van der Waals surface area contributed by atoms with Gasteiger partial charge in [0.05, 0.1) is 6.04 Å². The third-order valence-corrected chi connectivity index (χ3v) is 2.81. The quantitative estimate of drug-likeness (QED) is 0.775. The zero-order chi connectivity index (χ0) is 11.2. The second-order valence-electron chi connectivity index (χ2n) is 4.05. The first-order valence-electron chi connectivity index (χ1n) is 5.76. The number of rotatable bonds is 4. The molecular weight excluding hydrogens is 202 g/mol. The summed E-state index contributed by atoms with van der Waals surface area (Å²) in [5.41, 5.74) is 1.15. The van der Waals surface area contributed by atoms with E-state index in [9.17, 15) is 4.79 Å². The highest BCUT2D eigenvalue weighted by molar-refractivity contribution is 5.81. The molecule has 0 aromatic carbocycles. The first kappa shape index (κ1) is 11.1. The maximum atomic E-state index is 11.6. The SMILES string of the molecule is O=C(NCCc1cccnc1)C1CCCN1. The number of carbonyl (C=O) groups is 1. The Morgan fingerprint density at radius 3 is 3.25 bits per heavy atom. The van der Waals surface area contributed by atoms with Crippen LogP contribution in [0.4, 0.5) is 0 Å². The molecular formula is C12H17N3O. The normalized spacial score (nSPS) is 19.6. The van der Waals surface area contributed by atoms with Gasteiger partial charge in [-0.25, -0.2) is 0 Å². The molecule has 2 heterocycles. The van der Waals surface area contributed by atoms with E-state index in [1.165, 1.54) is 0 Å².